The minimum Gasteiger partial charge on any atom is -0.494 e. The van der Waals surface area contributed by atoms with Crippen LogP contribution in [0.25, 0.3) is 0 Å². The number of nitrogens with one attached hydrogen (secondary N) is 1. The summed E-state index contributed by atoms with van der Waals surface area (Å²) in [6, 6.07) is 7.08. The second kappa shape index (κ2) is 9.38. The van der Waals surface area contributed by atoms with E-state index in [0.29, 0.717) is 51.6 Å². The molecule has 1 aliphatic heterocycles. The van der Waals surface area contributed by atoms with Gasteiger partial charge in [-0.1, -0.05) is 0 Å². The van der Waals surface area contributed by atoms with Crippen LogP contribution in [0, 0.1) is 5.82 Å². The first-order chi connectivity index (χ1) is 13.9. The van der Waals surface area contributed by atoms with Crippen molar-refractivity contribution >= 4 is 15.9 Å². The number of H-pyrrole nitrogens is 1. The fourth-order valence-electron chi connectivity index (χ4n) is 2.91. The van der Waals surface area contributed by atoms with Gasteiger partial charge in [0.25, 0.3) is 5.91 Å². The molecule has 1 N–H and O–H groups in total. The maximum atomic E-state index is 12.9. The van der Waals surface area contributed by atoms with E-state index < -0.39 is 10.0 Å². The third-order valence-electron chi connectivity index (χ3n) is 4.56. The topological polar surface area (TPSA) is 91.9 Å². The van der Waals surface area contributed by atoms with Gasteiger partial charge < -0.3 is 19.4 Å². The fraction of sp³-hybridized carbons (Fsp3) is 0.421. The third kappa shape index (κ3) is 5.34. The molecule has 10 heteroatoms. The van der Waals surface area contributed by atoms with Crippen molar-refractivity contribution in [2.24, 2.45) is 0 Å². The van der Waals surface area contributed by atoms with Gasteiger partial charge in [-0.15, -0.1) is 0 Å². The lowest BCUT2D eigenvalue weighted by Crippen LogP contribution is -2.40. The van der Waals surface area contributed by atoms with Crippen molar-refractivity contribution in [1.82, 2.24) is 14.2 Å². The van der Waals surface area contributed by atoms with Crippen molar-refractivity contribution < 1.29 is 27.1 Å². The summed E-state index contributed by atoms with van der Waals surface area (Å²) in [5, 5.41) is 0. The molecule has 3 rings (SSSR count). The van der Waals surface area contributed by atoms with E-state index >= 15 is 0 Å². The molecule has 0 aliphatic carbocycles. The summed E-state index contributed by atoms with van der Waals surface area (Å²) in [6.45, 7) is 2.10. The summed E-state index contributed by atoms with van der Waals surface area (Å²) in [6.07, 6.45) is 1.91. The highest BCUT2D eigenvalue weighted by atomic mass is 32.2. The highest BCUT2D eigenvalue weighted by Crippen LogP contribution is 2.19. The highest BCUT2D eigenvalue weighted by Gasteiger charge is 2.28. The number of nitrogens with zero attached hydrogens (tertiary/aromatic N) is 2. The van der Waals surface area contributed by atoms with Crippen molar-refractivity contribution in [2.75, 3.05) is 46.5 Å². The Hall–Kier alpha value is -2.43. The van der Waals surface area contributed by atoms with Gasteiger partial charge in [-0.2, -0.15) is 4.31 Å². The van der Waals surface area contributed by atoms with E-state index in [9.17, 15) is 17.6 Å². The molecular weight excluding hydrogens is 401 g/mol. The standard InChI is InChI=1S/C19H24FN3O5S/c1-22(7-2-10-28-16-5-3-15(20)4-6-16)19(24)18-13-17(14-21-18)29(25,26)23-8-11-27-12-9-23/h3-6,13-14,21H,2,7-12H2,1H3. The molecule has 1 aliphatic rings. The molecule has 1 saturated heterocycles. The number of carbonyl (C=O) groups is 1. The van der Waals surface area contributed by atoms with E-state index in [2.05, 4.69) is 4.98 Å². The van der Waals surface area contributed by atoms with E-state index in [4.69, 9.17) is 9.47 Å². The molecule has 2 heterocycles. The summed E-state index contributed by atoms with van der Waals surface area (Å²) in [7, 11) is -2.01. The van der Waals surface area contributed by atoms with Crippen LogP contribution >= 0.6 is 0 Å². The third-order valence-corrected chi connectivity index (χ3v) is 6.44. The van der Waals surface area contributed by atoms with Gasteiger partial charge in [0, 0.05) is 32.9 Å². The number of hydrogen-bond acceptors (Lipinski definition) is 5. The van der Waals surface area contributed by atoms with Gasteiger partial charge in [0.2, 0.25) is 10.0 Å². The first-order valence-corrected chi connectivity index (χ1v) is 10.7. The number of rotatable bonds is 8. The SMILES string of the molecule is CN(CCCOc1ccc(F)cc1)C(=O)c1cc(S(=O)(=O)N2CCOCC2)c[nH]1. The average molecular weight is 425 g/mol. The van der Waals surface area contributed by atoms with Crippen molar-refractivity contribution in [3.05, 3.63) is 48.0 Å². The van der Waals surface area contributed by atoms with Crippen molar-refractivity contribution in [3.8, 4) is 5.75 Å². The van der Waals surface area contributed by atoms with Gasteiger partial charge in [-0.25, -0.2) is 12.8 Å². The van der Waals surface area contributed by atoms with E-state index in [1.54, 1.807) is 19.2 Å². The predicted octanol–water partition coefficient (Wildman–Crippen LogP) is 1.72. The molecule has 158 valence electrons. The number of aromatic nitrogens is 1. The Bertz CT molecular complexity index is 924. The van der Waals surface area contributed by atoms with Gasteiger partial charge in [0.05, 0.1) is 19.8 Å². The summed E-state index contributed by atoms with van der Waals surface area (Å²) in [5.74, 6) is -0.0819. The number of morpholine rings is 1. The molecule has 0 spiro atoms. The van der Waals surface area contributed by atoms with Crippen LogP contribution in [0.5, 0.6) is 5.75 Å². The van der Waals surface area contributed by atoms with Crippen molar-refractivity contribution in [2.45, 2.75) is 11.3 Å². The van der Waals surface area contributed by atoms with Gasteiger partial charge >= 0.3 is 0 Å². The van der Waals surface area contributed by atoms with Gasteiger partial charge in [-0.3, -0.25) is 4.79 Å². The lowest BCUT2D eigenvalue weighted by atomic mass is 10.3. The summed E-state index contributed by atoms with van der Waals surface area (Å²) in [4.78, 5) is 16.9. The van der Waals surface area contributed by atoms with Crippen LogP contribution in [-0.2, 0) is 14.8 Å². The molecule has 1 aromatic heterocycles. The number of sulfonamides is 1. The maximum Gasteiger partial charge on any atom is 0.270 e. The van der Waals surface area contributed by atoms with Crippen LogP contribution in [0.2, 0.25) is 0 Å². The van der Waals surface area contributed by atoms with Crippen LogP contribution in [0.4, 0.5) is 4.39 Å². The van der Waals surface area contributed by atoms with Crippen molar-refractivity contribution in [3.63, 3.8) is 0 Å². The molecule has 8 nitrogen and oxygen atoms in total. The lowest BCUT2D eigenvalue weighted by Gasteiger charge is -2.25. The number of hydrogen-bond donors (Lipinski definition) is 1. The zero-order valence-electron chi connectivity index (χ0n) is 16.1. The summed E-state index contributed by atoms with van der Waals surface area (Å²) < 4.78 is 50.2. The zero-order valence-corrected chi connectivity index (χ0v) is 17.0. The highest BCUT2D eigenvalue weighted by molar-refractivity contribution is 7.89. The Morgan fingerprint density at radius 3 is 2.66 bits per heavy atom. The average Bonchev–Trinajstić information content (AvgIpc) is 3.23. The Morgan fingerprint density at radius 2 is 1.97 bits per heavy atom. The molecule has 0 unspecified atom stereocenters. The number of amides is 1. The first-order valence-electron chi connectivity index (χ1n) is 9.28. The number of carbonyl (C=O) groups excluding carboxylic acids is 1. The van der Waals surface area contributed by atoms with E-state index in [-0.39, 0.29) is 22.3 Å². The normalized spacial score (nSPS) is 15.2. The molecule has 0 radical (unpaired) electrons. The molecule has 29 heavy (non-hydrogen) atoms. The second-order valence-corrected chi connectivity index (χ2v) is 8.59. The lowest BCUT2D eigenvalue weighted by molar-refractivity contribution is 0.0730. The van der Waals surface area contributed by atoms with E-state index in [0.717, 1.165) is 0 Å². The maximum absolute atomic E-state index is 12.9. The van der Waals surface area contributed by atoms with Crippen LogP contribution in [-0.4, -0.2) is 75.0 Å². The second-order valence-electron chi connectivity index (χ2n) is 6.65. The van der Waals surface area contributed by atoms with Crippen LogP contribution in [0.15, 0.2) is 41.4 Å². The van der Waals surface area contributed by atoms with E-state index in [1.165, 1.54) is 33.6 Å². The van der Waals surface area contributed by atoms with Crippen molar-refractivity contribution in [1.29, 1.82) is 0 Å². The minimum absolute atomic E-state index is 0.0655. The molecule has 0 bridgehead atoms. The molecule has 1 aromatic carbocycles. The first kappa shape index (κ1) is 21.3. The number of aromatic amines is 1. The van der Waals surface area contributed by atoms with Crippen LogP contribution < -0.4 is 4.74 Å². The largest absolute Gasteiger partial charge is 0.494 e. The molecule has 2 aromatic rings. The quantitative estimate of drug-likeness (QED) is 0.650. The monoisotopic (exact) mass is 425 g/mol. The predicted molar refractivity (Wildman–Crippen MR) is 104 cm³/mol. The Balaban J connectivity index is 1.51. The number of ether oxygens (including phenoxy) is 2. The Morgan fingerprint density at radius 1 is 1.28 bits per heavy atom. The smallest absolute Gasteiger partial charge is 0.270 e. The van der Waals surface area contributed by atoms with Crippen LogP contribution in [0.3, 0.4) is 0 Å². The Labute approximate surface area is 169 Å². The zero-order chi connectivity index (χ0) is 20.9. The van der Waals surface area contributed by atoms with Gasteiger partial charge in [-0.05, 0) is 36.8 Å². The number of halogens is 1. The summed E-state index contributed by atoms with van der Waals surface area (Å²) in [5.41, 5.74) is 0.207. The molecular formula is C19H24FN3O5S. The minimum atomic E-state index is -3.65. The Kier molecular flexibility index (Phi) is 6.88. The molecule has 0 atom stereocenters. The van der Waals surface area contributed by atoms with Gasteiger partial charge in [0.1, 0.15) is 22.2 Å². The van der Waals surface area contributed by atoms with Gasteiger partial charge in [0.15, 0.2) is 0 Å². The summed E-state index contributed by atoms with van der Waals surface area (Å²) >= 11 is 0. The molecule has 1 amide bonds. The number of benzene rings is 1. The molecule has 1 fully saturated rings. The molecule has 0 saturated carbocycles. The van der Waals surface area contributed by atoms with E-state index in [1.807, 2.05) is 0 Å². The van der Waals surface area contributed by atoms with Crippen LogP contribution in [0.1, 0.15) is 16.9 Å². The fourth-order valence-corrected chi connectivity index (χ4v) is 4.32.